The zero-order chi connectivity index (χ0) is 10.9. The lowest BCUT2D eigenvalue weighted by Crippen LogP contribution is -2.35. The predicted octanol–water partition coefficient (Wildman–Crippen LogP) is 1.59. The minimum Gasteiger partial charge on any atom is -0.383 e. The second-order valence-corrected chi connectivity index (χ2v) is 4.75. The molecule has 1 aromatic heterocycles. The average Bonchev–Trinajstić information content (AvgIpc) is 2.96. The van der Waals surface area contributed by atoms with Crippen LogP contribution in [0.2, 0.25) is 0 Å². The molecule has 1 aliphatic rings. The summed E-state index contributed by atoms with van der Waals surface area (Å²) in [5, 5.41) is 3.40. The number of nitrogen functional groups attached to an aromatic ring is 1. The van der Waals surface area contributed by atoms with Crippen molar-refractivity contribution in [2.75, 3.05) is 12.8 Å². The fourth-order valence-electron chi connectivity index (χ4n) is 2.09. The maximum atomic E-state index is 5.85. The van der Waals surface area contributed by atoms with Crippen LogP contribution in [0.15, 0.2) is 18.3 Å². The third-order valence-corrected chi connectivity index (χ3v) is 3.58. The summed E-state index contributed by atoms with van der Waals surface area (Å²) in [7, 11) is 2.03. The normalized spacial score (nSPS) is 19.9. The molecule has 0 amide bonds. The van der Waals surface area contributed by atoms with Crippen LogP contribution in [-0.4, -0.2) is 18.1 Å². The number of aromatic nitrogens is 1. The quantitative estimate of drug-likeness (QED) is 0.785. The van der Waals surface area contributed by atoms with Gasteiger partial charge >= 0.3 is 0 Å². The lowest BCUT2D eigenvalue weighted by Gasteiger charge is -2.23. The zero-order valence-electron chi connectivity index (χ0n) is 9.46. The fraction of sp³-hybridized carbons (Fsp3) is 0.583. The Balaban J connectivity index is 2.10. The van der Waals surface area contributed by atoms with Gasteiger partial charge in [-0.15, -0.1) is 0 Å². The van der Waals surface area contributed by atoms with Crippen molar-refractivity contribution in [3.05, 3.63) is 23.9 Å². The number of anilines is 1. The minimum atomic E-state index is 0.469. The van der Waals surface area contributed by atoms with Crippen molar-refractivity contribution < 1.29 is 0 Å². The van der Waals surface area contributed by atoms with Crippen LogP contribution in [0.3, 0.4) is 0 Å². The Labute approximate surface area is 91.1 Å². The summed E-state index contributed by atoms with van der Waals surface area (Å²) >= 11 is 0. The summed E-state index contributed by atoms with van der Waals surface area (Å²) in [6.45, 7) is 2.33. The number of hydrogen-bond donors (Lipinski definition) is 2. The maximum absolute atomic E-state index is 5.85. The molecule has 3 heteroatoms. The molecule has 1 heterocycles. The fourth-order valence-corrected chi connectivity index (χ4v) is 2.09. The van der Waals surface area contributed by atoms with Crippen LogP contribution in [0.25, 0.3) is 0 Å². The predicted molar refractivity (Wildman–Crippen MR) is 62.5 cm³/mol. The maximum Gasteiger partial charge on any atom is 0.126 e. The lowest BCUT2D eigenvalue weighted by molar-refractivity contribution is 0.376. The number of nitrogens with two attached hydrogens (primary N) is 1. The van der Waals surface area contributed by atoms with Gasteiger partial charge in [0.1, 0.15) is 5.82 Å². The van der Waals surface area contributed by atoms with Gasteiger partial charge in [0.25, 0.3) is 0 Å². The molecule has 3 nitrogen and oxygen atoms in total. The highest BCUT2D eigenvalue weighted by molar-refractivity contribution is 5.39. The molecule has 0 aliphatic heterocycles. The zero-order valence-corrected chi connectivity index (χ0v) is 9.46. The van der Waals surface area contributed by atoms with E-state index in [4.69, 9.17) is 5.73 Å². The first-order valence-electron chi connectivity index (χ1n) is 5.52. The van der Waals surface area contributed by atoms with Crippen LogP contribution < -0.4 is 11.1 Å². The summed E-state index contributed by atoms with van der Waals surface area (Å²) in [4.78, 5) is 4.12. The summed E-state index contributed by atoms with van der Waals surface area (Å²) in [6, 6.07) is 4.54. The standard InChI is InChI=1S/C12H19N3/c1-12(5-6-12)10(14-2)8-9-4-3-7-15-11(9)13/h3-4,7,10,14H,5-6,8H2,1-2H3,(H2,13,15). The Morgan fingerprint density at radius 2 is 2.33 bits per heavy atom. The van der Waals surface area contributed by atoms with E-state index in [0.717, 1.165) is 12.0 Å². The first-order chi connectivity index (χ1) is 7.15. The highest BCUT2D eigenvalue weighted by Gasteiger charge is 2.44. The van der Waals surface area contributed by atoms with Gasteiger partial charge in [-0.05, 0) is 43.4 Å². The molecular weight excluding hydrogens is 186 g/mol. The monoisotopic (exact) mass is 205 g/mol. The van der Waals surface area contributed by atoms with Crippen molar-refractivity contribution in [1.29, 1.82) is 0 Å². The van der Waals surface area contributed by atoms with Crippen LogP contribution in [0.1, 0.15) is 25.3 Å². The Bertz CT molecular complexity index is 344. The van der Waals surface area contributed by atoms with Gasteiger partial charge in [0, 0.05) is 12.2 Å². The summed E-state index contributed by atoms with van der Waals surface area (Å²) in [5.41, 5.74) is 7.48. The van der Waals surface area contributed by atoms with Crippen LogP contribution >= 0.6 is 0 Å². The molecule has 82 valence electrons. The van der Waals surface area contributed by atoms with Crippen LogP contribution in [0.5, 0.6) is 0 Å². The third-order valence-electron chi connectivity index (χ3n) is 3.58. The SMILES string of the molecule is CNC(Cc1cccnc1N)C1(C)CC1. The average molecular weight is 205 g/mol. The molecule has 1 aliphatic carbocycles. The summed E-state index contributed by atoms with van der Waals surface area (Å²) in [6.07, 6.45) is 5.36. The van der Waals surface area contributed by atoms with Crippen LogP contribution in [-0.2, 0) is 6.42 Å². The molecule has 1 aromatic rings. The summed E-state index contributed by atoms with van der Waals surface area (Å²) < 4.78 is 0. The smallest absolute Gasteiger partial charge is 0.126 e. The molecule has 0 radical (unpaired) electrons. The number of nitrogens with zero attached hydrogens (tertiary/aromatic N) is 1. The van der Waals surface area contributed by atoms with Crippen LogP contribution in [0.4, 0.5) is 5.82 Å². The van der Waals surface area contributed by atoms with Gasteiger partial charge in [0.05, 0.1) is 0 Å². The van der Waals surface area contributed by atoms with Gasteiger partial charge in [0.2, 0.25) is 0 Å². The van der Waals surface area contributed by atoms with E-state index >= 15 is 0 Å². The van der Waals surface area contributed by atoms with E-state index in [-0.39, 0.29) is 0 Å². The van der Waals surface area contributed by atoms with E-state index in [1.54, 1.807) is 6.20 Å². The Kier molecular flexibility index (Phi) is 2.65. The van der Waals surface area contributed by atoms with E-state index < -0.39 is 0 Å². The van der Waals surface area contributed by atoms with Gasteiger partial charge in [-0.1, -0.05) is 13.0 Å². The Morgan fingerprint density at radius 3 is 2.87 bits per heavy atom. The molecule has 0 spiro atoms. The van der Waals surface area contributed by atoms with Crippen molar-refractivity contribution in [3.63, 3.8) is 0 Å². The van der Waals surface area contributed by atoms with E-state index in [1.807, 2.05) is 13.1 Å². The molecule has 0 bridgehead atoms. The molecule has 15 heavy (non-hydrogen) atoms. The minimum absolute atomic E-state index is 0.469. The van der Waals surface area contributed by atoms with Crippen molar-refractivity contribution in [3.8, 4) is 0 Å². The largest absolute Gasteiger partial charge is 0.383 e. The van der Waals surface area contributed by atoms with Gasteiger partial charge in [0.15, 0.2) is 0 Å². The molecular formula is C12H19N3. The van der Waals surface area contributed by atoms with Crippen LogP contribution in [0, 0.1) is 5.41 Å². The highest BCUT2D eigenvalue weighted by atomic mass is 14.9. The molecule has 0 aromatic carbocycles. The first-order valence-corrected chi connectivity index (χ1v) is 5.52. The molecule has 1 unspecified atom stereocenters. The number of likely N-dealkylation sites (N-methyl/N-ethyl adjacent to an activating group) is 1. The second-order valence-electron chi connectivity index (χ2n) is 4.75. The lowest BCUT2D eigenvalue weighted by atomic mass is 9.93. The van der Waals surface area contributed by atoms with Gasteiger partial charge < -0.3 is 11.1 Å². The topological polar surface area (TPSA) is 50.9 Å². The van der Waals surface area contributed by atoms with E-state index in [1.165, 1.54) is 12.8 Å². The molecule has 1 fully saturated rings. The Morgan fingerprint density at radius 1 is 1.60 bits per heavy atom. The number of nitrogens with one attached hydrogen (secondary N) is 1. The van der Waals surface area contributed by atoms with E-state index in [2.05, 4.69) is 23.3 Å². The highest BCUT2D eigenvalue weighted by Crippen LogP contribution is 2.48. The molecule has 3 N–H and O–H groups in total. The van der Waals surface area contributed by atoms with Gasteiger partial charge in [-0.2, -0.15) is 0 Å². The van der Waals surface area contributed by atoms with E-state index in [9.17, 15) is 0 Å². The molecule has 2 rings (SSSR count). The molecule has 1 saturated carbocycles. The van der Waals surface area contributed by atoms with Crippen molar-refractivity contribution in [2.24, 2.45) is 5.41 Å². The van der Waals surface area contributed by atoms with Crippen molar-refractivity contribution in [2.45, 2.75) is 32.2 Å². The van der Waals surface area contributed by atoms with E-state index in [0.29, 0.717) is 17.3 Å². The molecule has 0 saturated heterocycles. The van der Waals surface area contributed by atoms with Crippen molar-refractivity contribution in [1.82, 2.24) is 10.3 Å². The third kappa shape index (κ3) is 2.12. The first kappa shape index (κ1) is 10.4. The Hall–Kier alpha value is -1.09. The van der Waals surface area contributed by atoms with Crippen molar-refractivity contribution >= 4 is 5.82 Å². The number of hydrogen-bond acceptors (Lipinski definition) is 3. The second kappa shape index (κ2) is 3.81. The van der Waals surface area contributed by atoms with Gasteiger partial charge in [-0.25, -0.2) is 4.98 Å². The number of pyridine rings is 1. The molecule has 1 atom stereocenters. The number of rotatable bonds is 4. The summed E-state index contributed by atoms with van der Waals surface area (Å²) in [5.74, 6) is 0.669. The van der Waals surface area contributed by atoms with Gasteiger partial charge in [-0.3, -0.25) is 0 Å².